The van der Waals surface area contributed by atoms with E-state index in [-0.39, 0.29) is 38.6 Å². The molecule has 2 nitrogen and oxygen atoms in total. The van der Waals surface area contributed by atoms with Gasteiger partial charge in [0.2, 0.25) is 0 Å². The molecular formula is C5H11O2Tb-. The van der Waals surface area contributed by atoms with Gasteiger partial charge in [-0.05, 0) is 6.42 Å². The zero-order valence-electron chi connectivity index (χ0n) is 4.72. The Morgan fingerprint density at radius 1 is 1.38 bits per heavy atom. The molecule has 0 atom stereocenters. The van der Waals surface area contributed by atoms with Crippen LogP contribution >= 0.6 is 0 Å². The van der Waals surface area contributed by atoms with Gasteiger partial charge in [0.15, 0.2) is 0 Å². The summed E-state index contributed by atoms with van der Waals surface area (Å²) in [7, 11) is 0. The van der Waals surface area contributed by atoms with E-state index in [0.717, 1.165) is 19.3 Å². The maximum absolute atomic E-state index is 7.77. The van der Waals surface area contributed by atoms with E-state index in [1.807, 2.05) is 0 Å². The number of unbranched alkanes of at least 4 members (excludes halogenated alkanes) is 2. The van der Waals surface area contributed by atoms with E-state index in [9.17, 15) is 0 Å². The molecule has 0 spiro atoms. The summed E-state index contributed by atoms with van der Waals surface area (Å²) in [5.74, 6) is 0. The molecule has 0 heterocycles. The van der Waals surface area contributed by atoms with E-state index in [0.29, 0.717) is 6.61 Å². The summed E-state index contributed by atoms with van der Waals surface area (Å²) >= 11 is 0. The van der Waals surface area contributed by atoms with E-state index in [1.165, 1.54) is 0 Å². The first-order valence-electron chi connectivity index (χ1n) is 2.47. The van der Waals surface area contributed by atoms with E-state index in [1.54, 1.807) is 0 Å². The molecule has 0 saturated carbocycles. The van der Waals surface area contributed by atoms with Gasteiger partial charge in [-0.1, -0.05) is 6.42 Å². The third-order valence-electron chi connectivity index (χ3n) is 0.736. The predicted octanol–water partition coefficient (Wildman–Crippen LogP) is 1.48. The Labute approximate surface area is 81.0 Å². The van der Waals surface area contributed by atoms with Gasteiger partial charge in [-0.2, -0.15) is 6.42 Å². The minimum Gasteiger partial charge on any atom is -0.343 e. The Balaban J connectivity index is 0. The Bertz CT molecular complexity index is 29.6. The molecule has 53 valence electrons. The van der Waals surface area contributed by atoms with Crippen LogP contribution < -0.4 is 0 Å². The average Bonchev–Trinajstić information content (AvgIpc) is 1.69. The van der Waals surface area contributed by atoms with Crippen LogP contribution in [0, 0.1) is 45.5 Å². The number of hydrogen-bond donors (Lipinski definition) is 1. The quantitative estimate of drug-likeness (QED) is 0.360. The van der Waals surface area contributed by atoms with E-state index in [4.69, 9.17) is 5.26 Å². The zero-order valence-corrected chi connectivity index (χ0v) is 6.86. The first kappa shape index (κ1) is 11.9. The van der Waals surface area contributed by atoms with Gasteiger partial charge >= 0.3 is 0 Å². The molecule has 0 amide bonds. The standard InChI is InChI=1S/C5H11O2.Tb/c1-2-3-4-5-7-6;/h6H,1-5H2;/q-1;. The summed E-state index contributed by atoms with van der Waals surface area (Å²) in [4.78, 5) is 3.82. The molecule has 0 rings (SSSR count). The Kier molecular flexibility index (Phi) is 16.5. The van der Waals surface area contributed by atoms with Gasteiger partial charge in [0.25, 0.3) is 0 Å². The van der Waals surface area contributed by atoms with Crippen molar-refractivity contribution in [2.24, 2.45) is 0 Å². The van der Waals surface area contributed by atoms with Crippen LogP contribution in [0.5, 0.6) is 0 Å². The van der Waals surface area contributed by atoms with Crippen LogP contribution in [0.1, 0.15) is 19.3 Å². The van der Waals surface area contributed by atoms with Crippen molar-refractivity contribution in [2.75, 3.05) is 6.61 Å². The minimum atomic E-state index is 0. The van der Waals surface area contributed by atoms with Gasteiger partial charge in [0, 0.05) is 38.6 Å². The van der Waals surface area contributed by atoms with Crippen LogP contribution in [0.25, 0.3) is 0 Å². The third-order valence-corrected chi connectivity index (χ3v) is 0.736. The van der Waals surface area contributed by atoms with Gasteiger partial charge in [-0.3, -0.25) is 5.26 Å². The SMILES string of the molecule is [CH2-]CCCCOO.[Tb]. The molecule has 0 saturated heterocycles. The Hall–Kier alpha value is 1.21. The van der Waals surface area contributed by atoms with Gasteiger partial charge < -0.3 is 6.92 Å². The summed E-state index contributed by atoms with van der Waals surface area (Å²) in [5.41, 5.74) is 0. The van der Waals surface area contributed by atoms with E-state index < -0.39 is 0 Å². The van der Waals surface area contributed by atoms with Crippen molar-refractivity contribution in [3.63, 3.8) is 0 Å². The summed E-state index contributed by atoms with van der Waals surface area (Å²) in [6, 6.07) is 0. The van der Waals surface area contributed by atoms with Crippen LogP contribution in [-0.4, -0.2) is 11.9 Å². The van der Waals surface area contributed by atoms with Crippen molar-refractivity contribution >= 4 is 0 Å². The molecule has 1 radical (unpaired) electrons. The van der Waals surface area contributed by atoms with Crippen molar-refractivity contribution < 1.29 is 48.8 Å². The second-order valence-electron chi connectivity index (χ2n) is 1.39. The van der Waals surface area contributed by atoms with Gasteiger partial charge in [-0.25, -0.2) is 4.89 Å². The van der Waals surface area contributed by atoms with E-state index in [2.05, 4.69) is 11.8 Å². The first-order chi connectivity index (χ1) is 3.41. The molecule has 8 heavy (non-hydrogen) atoms. The summed E-state index contributed by atoms with van der Waals surface area (Å²) < 4.78 is 0. The fourth-order valence-electron chi connectivity index (χ4n) is 0.343. The predicted molar refractivity (Wildman–Crippen MR) is 27.8 cm³/mol. The second-order valence-corrected chi connectivity index (χ2v) is 1.39. The molecule has 0 aromatic heterocycles. The van der Waals surface area contributed by atoms with Gasteiger partial charge in [-0.15, -0.1) is 0 Å². The smallest absolute Gasteiger partial charge is 0.0818 e. The van der Waals surface area contributed by atoms with Crippen molar-refractivity contribution in [3.8, 4) is 0 Å². The largest absolute Gasteiger partial charge is 0.343 e. The summed E-state index contributed by atoms with van der Waals surface area (Å²) in [6.45, 7) is 4.06. The van der Waals surface area contributed by atoms with Crippen LogP contribution in [0.3, 0.4) is 0 Å². The first-order valence-corrected chi connectivity index (χ1v) is 2.47. The fourth-order valence-corrected chi connectivity index (χ4v) is 0.343. The Morgan fingerprint density at radius 3 is 2.38 bits per heavy atom. The maximum Gasteiger partial charge on any atom is 0.0818 e. The fraction of sp³-hybridized carbons (Fsp3) is 0.800. The van der Waals surface area contributed by atoms with Crippen molar-refractivity contribution in [1.82, 2.24) is 0 Å². The average molecular weight is 262 g/mol. The molecule has 0 unspecified atom stereocenters. The number of hydrogen-bond acceptors (Lipinski definition) is 2. The molecule has 0 aliphatic carbocycles. The molecule has 0 aliphatic rings. The monoisotopic (exact) mass is 262 g/mol. The van der Waals surface area contributed by atoms with Crippen molar-refractivity contribution in [2.45, 2.75) is 19.3 Å². The molecule has 0 aromatic carbocycles. The number of rotatable bonds is 4. The molecule has 0 fully saturated rings. The van der Waals surface area contributed by atoms with Crippen molar-refractivity contribution in [1.29, 1.82) is 0 Å². The molecule has 0 aliphatic heterocycles. The molecule has 0 aromatic rings. The van der Waals surface area contributed by atoms with E-state index >= 15 is 0 Å². The van der Waals surface area contributed by atoms with Crippen molar-refractivity contribution in [3.05, 3.63) is 6.92 Å². The third kappa shape index (κ3) is 10.2. The molecular weight excluding hydrogens is 251 g/mol. The van der Waals surface area contributed by atoms with Gasteiger partial charge in [0.05, 0.1) is 6.61 Å². The molecule has 3 heteroatoms. The van der Waals surface area contributed by atoms with Crippen LogP contribution in [0.2, 0.25) is 0 Å². The Morgan fingerprint density at radius 2 is 2.00 bits per heavy atom. The van der Waals surface area contributed by atoms with Crippen LogP contribution in [-0.2, 0) is 4.89 Å². The molecule has 0 bridgehead atoms. The zero-order chi connectivity index (χ0) is 5.54. The van der Waals surface area contributed by atoms with Crippen LogP contribution in [0.4, 0.5) is 0 Å². The summed E-state index contributed by atoms with van der Waals surface area (Å²) in [5, 5.41) is 7.77. The summed E-state index contributed by atoms with van der Waals surface area (Å²) in [6.07, 6.45) is 2.85. The second kappa shape index (κ2) is 11.1. The minimum absolute atomic E-state index is 0. The van der Waals surface area contributed by atoms with Gasteiger partial charge in [0.1, 0.15) is 0 Å². The molecule has 1 N–H and O–H groups in total. The van der Waals surface area contributed by atoms with Crippen LogP contribution in [0.15, 0.2) is 0 Å². The topological polar surface area (TPSA) is 29.5 Å². The normalized spacial score (nSPS) is 8.25. The maximum atomic E-state index is 7.77.